The van der Waals surface area contributed by atoms with Crippen LogP contribution < -0.4 is 5.11 Å². The topological polar surface area (TPSA) is 110 Å². The Morgan fingerprint density at radius 1 is 1.11 bits per heavy atom. The lowest BCUT2D eigenvalue weighted by molar-refractivity contribution is -0.244. The Balaban J connectivity index is 2.02. The van der Waals surface area contributed by atoms with E-state index in [1.807, 2.05) is 0 Å². The minimum absolute atomic E-state index is 0.109. The third kappa shape index (κ3) is 2.74. The molecule has 1 saturated carbocycles. The van der Waals surface area contributed by atoms with Crippen LogP contribution in [0.4, 0.5) is 0 Å². The number of allylic oxidation sites excluding steroid dienone is 1. The first kappa shape index (κ1) is 19.3. The number of hydrogen-bond acceptors (Lipinski definition) is 7. The molecule has 4 rings (SSSR count). The van der Waals surface area contributed by atoms with Crippen molar-refractivity contribution in [1.82, 2.24) is 0 Å². The van der Waals surface area contributed by atoms with Crippen LogP contribution in [0, 0.1) is 13.8 Å². The lowest BCUT2D eigenvalue weighted by Gasteiger charge is -2.37. The third-order valence-electron chi connectivity index (χ3n) is 5.71. The fourth-order valence-electron chi connectivity index (χ4n) is 4.43. The zero-order chi connectivity index (χ0) is 20.3. The molecule has 1 aliphatic carbocycles. The molecule has 0 aromatic heterocycles. The van der Waals surface area contributed by atoms with Crippen LogP contribution in [0.2, 0.25) is 0 Å². The number of rotatable bonds is 1. The van der Waals surface area contributed by atoms with Gasteiger partial charge in [-0.15, -0.1) is 0 Å². The van der Waals surface area contributed by atoms with Gasteiger partial charge in [0.1, 0.15) is 0 Å². The lowest BCUT2D eigenvalue weighted by Crippen LogP contribution is -2.38. The van der Waals surface area contributed by atoms with E-state index in [0.717, 1.165) is 0 Å². The summed E-state index contributed by atoms with van der Waals surface area (Å²) >= 11 is 0. The van der Waals surface area contributed by atoms with E-state index in [4.69, 9.17) is 9.47 Å². The molecule has 28 heavy (non-hydrogen) atoms. The van der Waals surface area contributed by atoms with Crippen LogP contribution in [0.5, 0.6) is 0 Å². The highest BCUT2D eigenvalue weighted by atomic mass is 32.2. The van der Waals surface area contributed by atoms with Gasteiger partial charge in [-0.3, -0.25) is 9.59 Å². The number of hydrogen-bond donors (Lipinski definition) is 0. The molecule has 0 radical (unpaired) electrons. The Morgan fingerprint density at radius 3 is 2.32 bits per heavy atom. The maximum absolute atomic E-state index is 13.1. The molecule has 1 saturated heterocycles. The van der Waals surface area contributed by atoms with E-state index in [9.17, 15) is 23.1 Å². The van der Waals surface area contributed by atoms with Crippen LogP contribution >= 0.6 is 0 Å². The highest BCUT2D eigenvalue weighted by molar-refractivity contribution is 7.91. The first-order valence-corrected chi connectivity index (χ1v) is 11.0. The molecule has 0 unspecified atom stereocenters. The van der Waals surface area contributed by atoms with E-state index in [1.165, 1.54) is 6.07 Å². The van der Waals surface area contributed by atoms with Crippen molar-refractivity contribution in [3.63, 3.8) is 0 Å². The Morgan fingerprint density at radius 2 is 1.71 bits per heavy atom. The van der Waals surface area contributed by atoms with Crippen molar-refractivity contribution in [2.45, 2.75) is 50.2 Å². The second kappa shape index (κ2) is 6.50. The monoisotopic (exact) mass is 405 g/mol. The largest absolute Gasteiger partial charge is 0.871 e. The van der Waals surface area contributed by atoms with E-state index in [-0.39, 0.29) is 41.0 Å². The maximum atomic E-state index is 13.1. The summed E-state index contributed by atoms with van der Waals surface area (Å²) in [5, 5.41) is 13.1. The number of sulfone groups is 1. The average Bonchev–Trinajstić information content (AvgIpc) is 3.09. The number of Topliss-reactive ketones (excluding diaryl/α,β-unsaturated/α-hetero) is 2. The van der Waals surface area contributed by atoms with Gasteiger partial charge in [-0.05, 0) is 37.0 Å². The molecule has 1 aromatic carbocycles. The molecule has 0 N–H and O–H groups in total. The first-order valence-electron chi connectivity index (χ1n) is 9.31. The summed E-state index contributed by atoms with van der Waals surface area (Å²) in [5.41, 5.74) is 0.948. The number of fused-ring (bicyclic) bond motifs is 2. The van der Waals surface area contributed by atoms with Gasteiger partial charge in [-0.25, -0.2) is 8.42 Å². The molecule has 2 heterocycles. The number of carbonyl (C=O) groups excluding carboxylic acids is 2. The van der Waals surface area contributed by atoms with Crippen molar-refractivity contribution in [2.24, 2.45) is 0 Å². The van der Waals surface area contributed by atoms with Gasteiger partial charge < -0.3 is 14.6 Å². The fourth-order valence-corrected chi connectivity index (χ4v) is 6.34. The second-order valence-electron chi connectivity index (χ2n) is 7.49. The van der Waals surface area contributed by atoms with Gasteiger partial charge in [0.05, 0.1) is 29.4 Å². The van der Waals surface area contributed by atoms with Crippen molar-refractivity contribution in [1.29, 1.82) is 0 Å². The van der Waals surface area contributed by atoms with Gasteiger partial charge in [-0.2, -0.15) is 0 Å². The fraction of sp³-hybridized carbons (Fsp3) is 0.500. The molecule has 2 aliphatic heterocycles. The minimum Gasteiger partial charge on any atom is -0.871 e. The SMILES string of the molecule is Cc1cc(C([O-])=C2C(=O)CCCC2=O)c(C)c2c1S(=O)(=O)CCC21OCCO1. The second-order valence-corrected chi connectivity index (χ2v) is 9.54. The molecule has 0 bridgehead atoms. The average molecular weight is 405 g/mol. The van der Waals surface area contributed by atoms with Crippen molar-refractivity contribution >= 4 is 27.2 Å². The van der Waals surface area contributed by atoms with E-state index >= 15 is 0 Å². The molecule has 150 valence electrons. The highest BCUT2D eigenvalue weighted by Crippen LogP contribution is 2.47. The van der Waals surface area contributed by atoms with Gasteiger partial charge in [0.25, 0.3) is 0 Å². The Kier molecular flexibility index (Phi) is 4.48. The van der Waals surface area contributed by atoms with Crippen LogP contribution in [0.3, 0.4) is 0 Å². The van der Waals surface area contributed by atoms with Gasteiger partial charge in [-0.1, -0.05) is 11.8 Å². The number of benzene rings is 1. The molecule has 0 amide bonds. The minimum atomic E-state index is -3.56. The van der Waals surface area contributed by atoms with E-state index in [0.29, 0.717) is 36.3 Å². The van der Waals surface area contributed by atoms with Crippen LogP contribution in [-0.4, -0.2) is 39.0 Å². The van der Waals surface area contributed by atoms with Crippen LogP contribution in [0.1, 0.15) is 47.9 Å². The predicted octanol–water partition coefficient (Wildman–Crippen LogP) is 1.07. The highest BCUT2D eigenvalue weighted by Gasteiger charge is 2.49. The molecular formula is C20H21O7S-. The number of aryl methyl sites for hydroxylation is 1. The molecule has 2 fully saturated rings. The van der Waals surface area contributed by atoms with Gasteiger partial charge >= 0.3 is 0 Å². The van der Waals surface area contributed by atoms with Gasteiger partial charge in [0.2, 0.25) is 0 Å². The normalized spacial score (nSPS) is 23.1. The van der Waals surface area contributed by atoms with Crippen LogP contribution in [0.15, 0.2) is 16.5 Å². The maximum Gasteiger partial charge on any atom is 0.197 e. The summed E-state index contributed by atoms with van der Waals surface area (Å²) in [6.07, 6.45) is 0.912. The number of carbonyl (C=O) groups is 2. The Bertz CT molecular complexity index is 1010. The first-order chi connectivity index (χ1) is 13.2. The smallest absolute Gasteiger partial charge is 0.197 e. The van der Waals surface area contributed by atoms with Crippen molar-refractivity contribution < 1.29 is 32.6 Å². The molecule has 0 atom stereocenters. The van der Waals surface area contributed by atoms with Crippen molar-refractivity contribution in [3.05, 3.63) is 33.9 Å². The van der Waals surface area contributed by atoms with Crippen LogP contribution in [-0.2, 0) is 34.7 Å². The Hall–Kier alpha value is -2.03. The zero-order valence-electron chi connectivity index (χ0n) is 15.8. The lowest BCUT2D eigenvalue weighted by atomic mass is 9.86. The third-order valence-corrected chi connectivity index (χ3v) is 7.60. The molecule has 1 aromatic rings. The summed E-state index contributed by atoms with van der Waals surface area (Å²) < 4.78 is 37.2. The van der Waals surface area contributed by atoms with Gasteiger partial charge in [0.15, 0.2) is 27.2 Å². The quantitative estimate of drug-likeness (QED) is 0.390. The van der Waals surface area contributed by atoms with E-state index < -0.39 is 33.0 Å². The number of ether oxygens (including phenoxy) is 2. The summed E-state index contributed by atoms with van der Waals surface area (Å²) in [6, 6.07) is 1.46. The summed E-state index contributed by atoms with van der Waals surface area (Å²) in [7, 11) is -3.56. The van der Waals surface area contributed by atoms with E-state index in [2.05, 4.69) is 0 Å². The summed E-state index contributed by atoms with van der Waals surface area (Å²) in [5.74, 6) is -2.87. The van der Waals surface area contributed by atoms with Crippen LogP contribution in [0.25, 0.3) is 5.76 Å². The number of ketones is 2. The molecule has 7 nitrogen and oxygen atoms in total. The van der Waals surface area contributed by atoms with Crippen molar-refractivity contribution in [2.75, 3.05) is 19.0 Å². The molecule has 8 heteroatoms. The van der Waals surface area contributed by atoms with E-state index in [1.54, 1.807) is 13.8 Å². The standard InChI is InChI=1S/C20H22O7S/c1-11-10-13(18(23)16-14(21)4-3-5-15(16)22)12(2)17-19(11)28(24,25)9-6-20(17)26-7-8-27-20/h10,23H,3-9H2,1-2H3/p-1. The molecule has 1 spiro atoms. The van der Waals surface area contributed by atoms with Crippen molar-refractivity contribution in [3.8, 4) is 0 Å². The molecular weight excluding hydrogens is 384 g/mol. The summed E-state index contributed by atoms with van der Waals surface area (Å²) in [4.78, 5) is 24.6. The predicted molar refractivity (Wildman–Crippen MR) is 97.0 cm³/mol. The van der Waals surface area contributed by atoms with Gasteiger partial charge in [0, 0.05) is 24.8 Å². The zero-order valence-corrected chi connectivity index (χ0v) is 16.6. The summed E-state index contributed by atoms with van der Waals surface area (Å²) in [6.45, 7) is 3.88. The molecule has 3 aliphatic rings. The Labute approximate surface area is 163 Å².